The van der Waals surface area contributed by atoms with Crippen LogP contribution < -0.4 is 9.80 Å². The minimum Gasteiger partial charge on any atom is -0.310 e. The average Bonchev–Trinajstić information content (AvgIpc) is 3.07. The van der Waals surface area contributed by atoms with Gasteiger partial charge in [0.2, 0.25) is 0 Å². The second-order valence-electron chi connectivity index (χ2n) is 15.0. The molecule has 0 fully saturated rings. The van der Waals surface area contributed by atoms with Crippen LogP contribution in [0.3, 0.4) is 0 Å². The van der Waals surface area contributed by atoms with Crippen LogP contribution in [0, 0.1) is 55.4 Å². The van der Waals surface area contributed by atoms with E-state index in [0.29, 0.717) is 0 Å². The maximum Gasteiger partial charge on any atom is 0.0546 e. The Labute approximate surface area is 308 Å². The second-order valence-corrected chi connectivity index (χ2v) is 15.0. The van der Waals surface area contributed by atoms with E-state index in [2.05, 4.69) is 199 Å². The lowest BCUT2D eigenvalue weighted by molar-refractivity contribution is 1.24. The molecule has 8 aromatic rings. The Morgan fingerprint density at radius 3 is 0.808 bits per heavy atom. The molecule has 256 valence electrons. The molecular weight excluding hydrogens is 629 g/mol. The number of hydrogen-bond acceptors (Lipinski definition) is 2. The fourth-order valence-corrected chi connectivity index (χ4v) is 8.48. The third-order valence-electron chi connectivity index (χ3n) is 10.2. The average molecular weight is 675 g/mol. The van der Waals surface area contributed by atoms with E-state index < -0.39 is 0 Å². The lowest BCUT2D eigenvalue weighted by Gasteiger charge is -2.31. The van der Waals surface area contributed by atoms with Crippen LogP contribution in [0.1, 0.15) is 44.5 Å². The summed E-state index contributed by atoms with van der Waals surface area (Å²) in [5, 5.41) is 7.44. The summed E-state index contributed by atoms with van der Waals surface area (Å²) in [6, 6.07) is 50.4. The molecule has 2 nitrogen and oxygen atoms in total. The molecule has 0 atom stereocenters. The van der Waals surface area contributed by atoms with Gasteiger partial charge in [0, 0.05) is 33.5 Å². The minimum atomic E-state index is 1.17. The van der Waals surface area contributed by atoms with Crippen molar-refractivity contribution in [3.63, 3.8) is 0 Å². The van der Waals surface area contributed by atoms with Crippen LogP contribution in [-0.2, 0) is 0 Å². The molecule has 0 heterocycles. The molecule has 0 unspecified atom stereocenters. The first-order valence-corrected chi connectivity index (χ1v) is 18.3. The first-order chi connectivity index (χ1) is 25.0. The molecule has 0 aromatic heterocycles. The minimum absolute atomic E-state index is 1.17. The molecule has 0 aliphatic heterocycles. The topological polar surface area (TPSA) is 6.48 Å². The molecule has 0 bridgehead atoms. The van der Waals surface area contributed by atoms with Crippen LogP contribution in [0.4, 0.5) is 34.1 Å². The normalized spacial score (nSPS) is 11.5. The van der Waals surface area contributed by atoms with E-state index in [4.69, 9.17) is 0 Å². The van der Waals surface area contributed by atoms with E-state index in [-0.39, 0.29) is 0 Å². The van der Waals surface area contributed by atoms with Crippen molar-refractivity contribution in [3.05, 3.63) is 178 Å². The Morgan fingerprint density at radius 2 is 0.538 bits per heavy atom. The second kappa shape index (κ2) is 13.0. The summed E-state index contributed by atoms with van der Waals surface area (Å²) in [7, 11) is 0. The third-order valence-corrected chi connectivity index (χ3v) is 10.2. The summed E-state index contributed by atoms with van der Waals surface area (Å²) in [5.41, 5.74) is 17.0. The summed E-state index contributed by atoms with van der Waals surface area (Å²) in [5.74, 6) is 0. The lowest BCUT2D eigenvalue weighted by atomic mass is 9.92. The molecule has 8 rings (SSSR count). The van der Waals surface area contributed by atoms with E-state index in [1.165, 1.54) is 111 Å². The Morgan fingerprint density at radius 1 is 0.288 bits per heavy atom. The van der Waals surface area contributed by atoms with Crippen molar-refractivity contribution < 1.29 is 0 Å². The molecule has 0 aliphatic carbocycles. The largest absolute Gasteiger partial charge is 0.310 e. The van der Waals surface area contributed by atoms with Gasteiger partial charge in [-0.25, -0.2) is 0 Å². The van der Waals surface area contributed by atoms with Crippen LogP contribution in [0.2, 0.25) is 0 Å². The number of benzene rings is 8. The van der Waals surface area contributed by atoms with E-state index in [1.54, 1.807) is 0 Å². The Balaban J connectivity index is 1.51. The monoisotopic (exact) mass is 674 g/mol. The van der Waals surface area contributed by atoms with Crippen LogP contribution >= 0.6 is 0 Å². The first-order valence-electron chi connectivity index (χ1n) is 18.3. The highest BCUT2D eigenvalue weighted by Crippen LogP contribution is 2.48. The van der Waals surface area contributed by atoms with Gasteiger partial charge in [0.25, 0.3) is 0 Å². The molecule has 8 aromatic carbocycles. The van der Waals surface area contributed by atoms with E-state index >= 15 is 0 Å². The van der Waals surface area contributed by atoms with Crippen molar-refractivity contribution in [3.8, 4) is 0 Å². The van der Waals surface area contributed by atoms with Gasteiger partial charge in [-0.1, -0.05) is 72.8 Å². The summed E-state index contributed by atoms with van der Waals surface area (Å²) in [6.45, 7) is 17.6. The Kier molecular flexibility index (Phi) is 8.35. The van der Waals surface area contributed by atoms with Crippen molar-refractivity contribution in [1.82, 2.24) is 0 Å². The zero-order valence-electron chi connectivity index (χ0n) is 31.6. The molecule has 2 heteroatoms. The van der Waals surface area contributed by atoms with Crippen LogP contribution in [0.15, 0.2) is 133 Å². The summed E-state index contributed by atoms with van der Waals surface area (Å²) in [4.78, 5) is 4.95. The van der Waals surface area contributed by atoms with Gasteiger partial charge in [-0.2, -0.15) is 0 Å². The standard InChI is InChI=1S/C50H46N2/c1-31-17-32(2)22-40(21-31)51(41-23-33(3)18-34(4)24-41)48-29-39-30-49(45-14-10-12-16-47(45)50(39)46-15-11-9-13-44(46)48)52(42-25-35(5)19-36(6)26-42)43-27-37(7)20-38(8)28-43/h9-30H,1-8H3. The third kappa shape index (κ3) is 6.09. The fourth-order valence-electron chi connectivity index (χ4n) is 8.48. The molecule has 0 saturated carbocycles. The molecular formula is C50H46N2. The summed E-state index contributed by atoms with van der Waals surface area (Å²) in [6.07, 6.45) is 0. The van der Waals surface area contributed by atoms with Gasteiger partial charge in [-0.05, 0) is 182 Å². The van der Waals surface area contributed by atoms with Gasteiger partial charge < -0.3 is 9.80 Å². The molecule has 0 N–H and O–H groups in total. The predicted molar refractivity (Wildman–Crippen MR) is 226 cm³/mol. The molecule has 0 radical (unpaired) electrons. The zero-order valence-corrected chi connectivity index (χ0v) is 31.6. The molecule has 52 heavy (non-hydrogen) atoms. The van der Waals surface area contributed by atoms with Crippen LogP contribution in [0.25, 0.3) is 32.3 Å². The Hall–Kier alpha value is -5.86. The number of fused-ring (bicyclic) bond motifs is 5. The molecule has 0 saturated heterocycles. The van der Waals surface area contributed by atoms with Crippen LogP contribution in [0.5, 0.6) is 0 Å². The van der Waals surface area contributed by atoms with Gasteiger partial charge in [0.15, 0.2) is 0 Å². The van der Waals surface area contributed by atoms with Crippen molar-refractivity contribution in [2.75, 3.05) is 9.80 Å². The van der Waals surface area contributed by atoms with Gasteiger partial charge >= 0.3 is 0 Å². The van der Waals surface area contributed by atoms with Crippen molar-refractivity contribution >= 4 is 66.4 Å². The summed E-state index contributed by atoms with van der Waals surface area (Å²) >= 11 is 0. The van der Waals surface area contributed by atoms with E-state index in [0.717, 1.165) is 0 Å². The van der Waals surface area contributed by atoms with Crippen LogP contribution in [-0.4, -0.2) is 0 Å². The van der Waals surface area contributed by atoms with Gasteiger partial charge in [0.1, 0.15) is 0 Å². The van der Waals surface area contributed by atoms with Crippen molar-refractivity contribution in [2.45, 2.75) is 55.4 Å². The highest BCUT2D eigenvalue weighted by molar-refractivity contribution is 6.26. The molecule has 0 amide bonds. The highest BCUT2D eigenvalue weighted by atomic mass is 15.2. The van der Waals surface area contributed by atoms with Gasteiger partial charge in [0.05, 0.1) is 11.4 Å². The maximum absolute atomic E-state index is 2.47. The number of anilines is 6. The number of hydrogen-bond donors (Lipinski definition) is 0. The van der Waals surface area contributed by atoms with E-state index in [9.17, 15) is 0 Å². The van der Waals surface area contributed by atoms with Crippen molar-refractivity contribution in [1.29, 1.82) is 0 Å². The highest BCUT2D eigenvalue weighted by Gasteiger charge is 2.23. The maximum atomic E-state index is 2.47. The number of rotatable bonds is 6. The fraction of sp³-hybridized carbons (Fsp3) is 0.160. The van der Waals surface area contributed by atoms with Gasteiger partial charge in [-0.3, -0.25) is 0 Å². The lowest BCUT2D eigenvalue weighted by Crippen LogP contribution is -2.13. The van der Waals surface area contributed by atoms with E-state index in [1.807, 2.05) is 0 Å². The predicted octanol–water partition coefficient (Wildman–Crippen LogP) is 14.6. The SMILES string of the molecule is Cc1cc(C)cc(N(c2cc(C)cc(C)c2)c2cc3cc(N(c4cc(C)cc(C)c4)c4cc(C)cc(C)c4)c4ccccc4c3c3ccccc23)c1. The number of aryl methyl sites for hydroxylation is 8. The van der Waals surface area contributed by atoms with Gasteiger partial charge in [-0.15, -0.1) is 0 Å². The molecule has 0 spiro atoms. The summed E-state index contributed by atoms with van der Waals surface area (Å²) < 4.78 is 0. The Bertz CT molecular complexity index is 2320. The molecule has 0 aliphatic rings. The van der Waals surface area contributed by atoms with Crippen molar-refractivity contribution in [2.24, 2.45) is 0 Å². The zero-order chi connectivity index (χ0) is 36.3. The first kappa shape index (κ1) is 33.3. The quantitative estimate of drug-likeness (QED) is 0.162. The smallest absolute Gasteiger partial charge is 0.0546 e. The number of nitrogens with zero attached hydrogens (tertiary/aromatic N) is 2.